The molecule has 0 aromatic heterocycles. The van der Waals surface area contributed by atoms with Crippen LogP contribution in [0.25, 0.3) is 0 Å². The number of hydrogen-bond acceptors (Lipinski definition) is 5. The van der Waals surface area contributed by atoms with E-state index in [4.69, 9.17) is 9.47 Å². The van der Waals surface area contributed by atoms with Gasteiger partial charge in [-0.2, -0.15) is 0 Å². The van der Waals surface area contributed by atoms with Gasteiger partial charge in [-0.1, -0.05) is 0 Å². The SMILES string of the molecule is CN1CCN=C1NCCc1cc(F)cc2c1OCOC2. The second-order valence-corrected chi connectivity index (χ2v) is 4.97. The summed E-state index contributed by atoms with van der Waals surface area (Å²) in [5.41, 5.74) is 1.65. The quantitative estimate of drug-likeness (QED) is 0.901. The molecule has 2 heterocycles. The average molecular weight is 279 g/mol. The molecule has 2 aliphatic heterocycles. The number of fused-ring (bicyclic) bond motifs is 1. The van der Waals surface area contributed by atoms with E-state index in [0.29, 0.717) is 19.6 Å². The lowest BCUT2D eigenvalue weighted by molar-refractivity contribution is -0.0172. The van der Waals surface area contributed by atoms with E-state index in [1.807, 2.05) is 7.05 Å². The van der Waals surface area contributed by atoms with Crippen molar-refractivity contribution >= 4 is 5.96 Å². The molecule has 0 bridgehead atoms. The summed E-state index contributed by atoms with van der Waals surface area (Å²) in [7, 11) is 2.00. The lowest BCUT2D eigenvalue weighted by Gasteiger charge is -2.21. The van der Waals surface area contributed by atoms with Crippen molar-refractivity contribution in [2.24, 2.45) is 4.99 Å². The second kappa shape index (κ2) is 5.66. The van der Waals surface area contributed by atoms with Gasteiger partial charge in [0.05, 0.1) is 13.2 Å². The molecule has 0 aliphatic carbocycles. The molecule has 2 aliphatic rings. The Morgan fingerprint density at radius 3 is 3.15 bits per heavy atom. The van der Waals surface area contributed by atoms with Crippen LogP contribution >= 0.6 is 0 Å². The van der Waals surface area contributed by atoms with Gasteiger partial charge in [0.15, 0.2) is 12.8 Å². The largest absolute Gasteiger partial charge is 0.467 e. The molecule has 1 N–H and O–H groups in total. The zero-order chi connectivity index (χ0) is 13.9. The fourth-order valence-electron chi connectivity index (χ4n) is 2.47. The van der Waals surface area contributed by atoms with Crippen molar-refractivity contribution in [3.05, 3.63) is 29.1 Å². The summed E-state index contributed by atoms with van der Waals surface area (Å²) < 4.78 is 24.3. The summed E-state index contributed by atoms with van der Waals surface area (Å²) in [6.07, 6.45) is 0.687. The summed E-state index contributed by atoms with van der Waals surface area (Å²) in [6, 6.07) is 3.01. The summed E-state index contributed by atoms with van der Waals surface area (Å²) in [6.45, 7) is 3.10. The van der Waals surface area contributed by atoms with Crippen molar-refractivity contribution in [2.45, 2.75) is 13.0 Å². The Labute approximate surface area is 117 Å². The molecular weight excluding hydrogens is 261 g/mol. The molecule has 0 radical (unpaired) electrons. The monoisotopic (exact) mass is 279 g/mol. The molecule has 0 atom stereocenters. The Kier molecular flexibility index (Phi) is 3.73. The predicted molar refractivity (Wildman–Crippen MR) is 73.3 cm³/mol. The minimum Gasteiger partial charge on any atom is -0.467 e. The van der Waals surface area contributed by atoms with Gasteiger partial charge in [0, 0.05) is 25.7 Å². The Hall–Kier alpha value is -1.82. The number of guanidine groups is 1. The molecule has 0 amide bonds. The van der Waals surface area contributed by atoms with Gasteiger partial charge >= 0.3 is 0 Å². The standard InChI is InChI=1S/C14H18FN3O2/c1-18-5-4-17-14(18)16-3-2-10-6-12(15)7-11-8-19-9-20-13(10)11/h6-7H,2-5,8-9H2,1H3,(H,16,17). The van der Waals surface area contributed by atoms with Crippen molar-refractivity contribution in [3.8, 4) is 5.75 Å². The van der Waals surface area contributed by atoms with E-state index in [1.165, 1.54) is 12.1 Å². The third kappa shape index (κ3) is 2.70. The van der Waals surface area contributed by atoms with Crippen molar-refractivity contribution in [1.29, 1.82) is 0 Å². The van der Waals surface area contributed by atoms with E-state index in [9.17, 15) is 4.39 Å². The first-order valence-corrected chi connectivity index (χ1v) is 6.75. The van der Waals surface area contributed by atoms with Crippen LogP contribution in [-0.4, -0.2) is 44.3 Å². The van der Waals surface area contributed by atoms with Crippen LogP contribution in [0.5, 0.6) is 5.75 Å². The van der Waals surface area contributed by atoms with E-state index in [-0.39, 0.29) is 12.6 Å². The van der Waals surface area contributed by atoms with E-state index < -0.39 is 0 Å². The molecule has 0 saturated carbocycles. The number of halogens is 1. The molecule has 5 nitrogen and oxygen atoms in total. The van der Waals surface area contributed by atoms with Crippen molar-refractivity contribution < 1.29 is 13.9 Å². The van der Waals surface area contributed by atoms with E-state index in [2.05, 4.69) is 15.2 Å². The summed E-state index contributed by atoms with van der Waals surface area (Å²) >= 11 is 0. The summed E-state index contributed by atoms with van der Waals surface area (Å²) in [4.78, 5) is 6.43. The number of benzene rings is 1. The maximum absolute atomic E-state index is 13.6. The maximum Gasteiger partial charge on any atom is 0.193 e. The van der Waals surface area contributed by atoms with Crippen LogP contribution in [0.15, 0.2) is 17.1 Å². The molecule has 1 aromatic rings. The summed E-state index contributed by atoms with van der Waals surface area (Å²) in [5.74, 6) is 1.42. The minimum atomic E-state index is -0.247. The van der Waals surface area contributed by atoms with Gasteiger partial charge in [-0.15, -0.1) is 0 Å². The lowest BCUT2D eigenvalue weighted by atomic mass is 10.1. The van der Waals surface area contributed by atoms with Crippen LogP contribution in [0.3, 0.4) is 0 Å². The number of nitrogens with one attached hydrogen (secondary N) is 1. The van der Waals surface area contributed by atoms with Crippen LogP contribution in [0.2, 0.25) is 0 Å². The van der Waals surface area contributed by atoms with Gasteiger partial charge in [-0.3, -0.25) is 4.99 Å². The lowest BCUT2D eigenvalue weighted by Crippen LogP contribution is -2.36. The Balaban J connectivity index is 1.66. The third-order valence-electron chi connectivity index (χ3n) is 3.49. The highest BCUT2D eigenvalue weighted by Gasteiger charge is 2.17. The van der Waals surface area contributed by atoms with Crippen LogP contribution in [0.4, 0.5) is 4.39 Å². The molecule has 1 aromatic carbocycles. The number of aliphatic imine (C=N–C) groups is 1. The second-order valence-electron chi connectivity index (χ2n) is 4.97. The smallest absolute Gasteiger partial charge is 0.193 e. The normalized spacial score (nSPS) is 17.5. The average Bonchev–Trinajstić information content (AvgIpc) is 2.84. The van der Waals surface area contributed by atoms with E-state index in [1.54, 1.807) is 0 Å². The third-order valence-corrected chi connectivity index (χ3v) is 3.49. The van der Waals surface area contributed by atoms with Gasteiger partial charge in [0.25, 0.3) is 0 Å². The predicted octanol–water partition coefficient (Wildman–Crippen LogP) is 1.13. The number of likely N-dealkylation sites (N-methyl/N-ethyl adjacent to an activating group) is 1. The Morgan fingerprint density at radius 1 is 1.45 bits per heavy atom. The molecule has 0 fully saturated rings. The zero-order valence-corrected chi connectivity index (χ0v) is 11.5. The van der Waals surface area contributed by atoms with Crippen molar-refractivity contribution in [1.82, 2.24) is 10.2 Å². The number of rotatable bonds is 3. The van der Waals surface area contributed by atoms with E-state index in [0.717, 1.165) is 35.9 Å². The van der Waals surface area contributed by atoms with Crippen molar-refractivity contribution in [2.75, 3.05) is 33.5 Å². The van der Waals surface area contributed by atoms with Gasteiger partial charge in [-0.05, 0) is 24.1 Å². The fourth-order valence-corrected chi connectivity index (χ4v) is 2.47. The molecule has 0 spiro atoms. The molecule has 108 valence electrons. The van der Waals surface area contributed by atoms with Gasteiger partial charge in [0.1, 0.15) is 11.6 Å². The van der Waals surface area contributed by atoms with Crippen LogP contribution in [-0.2, 0) is 17.8 Å². The van der Waals surface area contributed by atoms with Crippen LogP contribution < -0.4 is 10.1 Å². The van der Waals surface area contributed by atoms with Crippen LogP contribution in [0.1, 0.15) is 11.1 Å². The van der Waals surface area contributed by atoms with E-state index >= 15 is 0 Å². The molecule has 0 saturated heterocycles. The first kappa shape index (κ1) is 13.2. The zero-order valence-electron chi connectivity index (χ0n) is 11.5. The molecule has 3 rings (SSSR count). The highest BCUT2D eigenvalue weighted by Crippen LogP contribution is 2.29. The van der Waals surface area contributed by atoms with Gasteiger partial charge in [0.2, 0.25) is 0 Å². The Bertz CT molecular complexity index is 533. The minimum absolute atomic E-state index is 0.231. The first-order chi connectivity index (χ1) is 9.74. The number of ether oxygens (including phenoxy) is 2. The fraction of sp³-hybridized carbons (Fsp3) is 0.500. The molecule has 6 heteroatoms. The van der Waals surface area contributed by atoms with Gasteiger partial charge < -0.3 is 19.7 Å². The van der Waals surface area contributed by atoms with Crippen LogP contribution in [0, 0.1) is 5.82 Å². The highest BCUT2D eigenvalue weighted by atomic mass is 19.1. The first-order valence-electron chi connectivity index (χ1n) is 6.75. The Morgan fingerprint density at radius 2 is 2.35 bits per heavy atom. The molecule has 20 heavy (non-hydrogen) atoms. The topological polar surface area (TPSA) is 46.1 Å². The van der Waals surface area contributed by atoms with Crippen molar-refractivity contribution in [3.63, 3.8) is 0 Å². The molecular formula is C14H18FN3O2. The van der Waals surface area contributed by atoms with Gasteiger partial charge in [-0.25, -0.2) is 4.39 Å². The summed E-state index contributed by atoms with van der Waals surface area (Å²) in [5, 5.41) is 3.27. The number of hydrogen-bond donors (Lipinski definition) is 1. The molecule has 0 unspecified atom stereocenters. The highest BCUT2D eigenvalue weighted by molar-refractivity contribution is 5.81. The number of nitrogens with zero attached hydrogens (tertiary/aromatic N) is 2. The maximum atomic E-state index is 13.6.